The third kappa shape index (κ3) is 1.80. The summed E-state index contributed by atoms with van der Waals surface area (Å²) in [5.74, 6) is -0.560. The molecule has 3 aromatic rings. The lowest BCUT2D eigenvalue weighted by Gasteiger charge is -2.05. The van der Waals surface area contributed by atoms with E-state index >= 15 is 0 Å². The highest BCUT2D eigenvalue weighted by atomic mass is 19.1. The smallest absolute Gasteiger partial charge is 0.136 e. The summed E-state index contributed by atoms with van der Waals surface area (Å²) in [6, 6.07) is 15.4. The fourth-order valence-corrected chi connectivity index (χ4v) is 1.93. The lowest BCUT2D eigenvalue weighted by atomic mass is 10.1. The fourth-order valence-electron chi connectivity index (χ4n) is 1.93. The van der Waals surface area contributed by atoms with Crippen molar-refractivity contribution >= 4 is 10.9 Å². The van der Waals surface area contributed by atoms with Crippen LogP contribution in [0.5, 0.6) is 5.75 Å². The zero-order chi connectivity index (χ0) is 12.5. The number of nitrogens with zero attached hydrogens (tertiary/aromatic N) is 1. The molecule has 0 saturated heterocycles. The van der Waals surface area contributed by atoms with Crippen LogP contribution in [0.4, 0.5) is 4.39 Å². The quantitative estimate of drug-likeness (QED) is 0.701. The number of benzene rings is 2. The average Bonchev–Trinajstić information content (AvgIpc) is 2.38. The Bertz CT molecular complexity index is 725. The molecular weight excluding hydrogens is 229 g/mol. The summed E-state index contributed by atoms with van der Waals surface area (Å²) in [5.41, 5.74) is 1.77. The van der Waals surface area contributed by atoms with Crippen LogP contribution in [0.3, 0.4) is 0 Å². The maximum absolute atomic E-state index is 13.7. The van der Waals surface area contributed by atoms with Crippen LogP contribution in [0.1, 0.15) is 0 Å². The van der Waals surface area contributed by atoms with Gasteiger partial charge in [-0.1, -0.05) is 24.3 Å². The molecule has 0 aliphatic carbocycles. The van der Waals surface area contributed by atoms with Crippen LogP contribution in [0.15, 0.2) is 54.6 Å². The first-order valence-electron chi connectivity index (χ1n) is 5.59. The third-order valence-corrected chi connectivity index (χ3v) is 2.83. The van der Waals surface area contributed by atoms with Gasteiger partial charge in [0.1, 0.15) is 11.6 Å². The maximum Gasteiger partial charge on any atom is 0.136 e. The van der Waals surface area contributed by atoms with Crippen LogP contribution in [0, 0.1) is 5.82 Å². The molecule has 2 aromatic carbocycles. The van der Waals surface area contributed by atoms with Gasteiger partial charge in [0.15, 0.2) is 0 Å². The molecule has 0 saturated carbocycles. The van der Waals surface area contributed by atoms with Gasteiger partial charge in [0.25, 0.3) is 0 Å². The van der Waals surface area contributed by atoms with E-state index in [-0.39, 0.29) is 5.75 Å². The van der Waals surface area contributed by atoms with Crippen molar-refractivity contribution in [1.82, 2.24) is 4.98 Å². The van der Waals surface area contributed by atoms with E-state index in [2.05, 4.69) is 4.98 Å². The summed E-state index contributed by atoms with van der Waals surface area (Å²) < 4.78 is 13.7. The third-order valence-electron chi connectivity index (χ3n) is 2.83. The Morgan fingerprint density at radius 2 is 1.78 bits per heavy atom. The van der Waals surface area contributed by atoms with E-state index in [4.69, 9.17) is 0 Å². The first-order chi connectivity index (χ1) is 8.74. The molecule has 0 fully saturated rings. The van der Waals surface area contributed by atoms with Crippen molar-refractivity contribution in [3.63, 3.8) is 0 Å². The minimum Gasteiger partial charge on any atom is -0.508 e. The van der Waals surface area contributed by atoms with Crippen molar-refractivity contribution in [2.45, 2.75) is 0 Å². The van der Waals surface area contributed by atoms with Crippen LogP contribution in [-0.2, 0) is 0 Å². The zero-order valence-corrected chi connectivity index (χ0v) is 9.47. The number of phenolic OH excluding ortho intramolecular Hbond substituents is 1. The Hall–Kier alpha value is -2.42. The Labute approximate surface area is 103 Å². The van der Waals surface area contributed by atoms with Crippen LogP contribution < -0.4 is 0 Å². The molecule has 0 spiro atoms. The molecule has 0 radical (unpaired) electrons. The van der Waals surface area contributed by atoms with Gasteiger partial charge in [0.05, 0.1) is 11.2 Å². The van der Waals surface area contributed by atoms with E-state index in [1.165, 1.54) is 12.1 Å². The second kappa shape index (κ2) is 4.11. The summed E-state index contributed by atoms with van der Waals surface area (Å²) in [6.45, 7) is 0. The summed E-state index contributed by atoms with van der Waals surface area (Å²) in [4.78, 5) is 4.41. The largest absolute Gasteiger partial charge is 0.508 e. The standard InChI is InChI=1S/C15H10FNO/c16-13-9-11(18)6-7-12(13)15-8-5-10-3-1-2-4-14(10)17-15/h1-9,18H. The van der Waals surface area contributed by atoms with E-state index in [1.807, 2.05) is 30.3 Å². The molecule has 1 aromatic heterocycles. The molecule has 0 bridgehead atoms. The number of aromatic hydroxyl groups is 1. The zero-order valence-electron chi connectivity index (χ0n) is 9.47. The minimum absolute atomic E-state index is 0.0861. The lowest BCUT2D eigenvalue weighted by Crippen LogP contribution is -1.88. The van der Waals surface area contributed by atoms with Crippen molar-refractivity contribution in [1.29, 1.82) is 0 Å². The van der Waals surface area contributed by atoms with Crippen LogP contribution in [0.25, 0.3) is 22.2 Å². The first kappa shape index (κ1) is 10.7. The van der Waals surface area contributed by atoms with Crippen molar-refractivity contribution in [3.05, 3.63) is 60.4 Å². The highest BCUT2D eigenvalue weighted by Gasteiger charge is 2.07. The van der Waals surface area contributed by atoms with Gasteiger partial charge in [-0.15, -0.1) is 0 Å². The number of para-hydroxylation sites is 1. The molecule has 18 heavy (non-hydrogen) atoms. The molecule has 2 nitrogen and oxygen atoms in total. The Balaban J connectivity index is 2.19. The predicted octanol–water partition coefficient (Wildman–Crippen LogP) is 3.75. The molecule has 1 heterocycles. The molecule has 0 aliphatic rings. The average molecular weight is 239 g/mol. The van der Waals surface area contributed by atoms with E-state index < -0.39 is 5.82 Å². The molecule has 0 aliphatic heterocycles. The number of rotatable bonds is 1. The molecular formula is C15H10FNO. The highest BCUT2D eigenvalue weighted by Crippen LogP contribution is 2.25. The molecule has 0 amide bonds. The normalized spacial score (nSPS) is 10.7. The van der Waals surface area contributed by atoms with Gasteiger partial charge in [-0.25, -0.2) is 9.37 Å². The summed E-state index contributed by atoms with van der Waals surface area (Å²) in [5, 5.41) is 10.2. The molecule has 88 valence electrons. The highest BCUT2D eigenvalue weighted by molar-refractivity contribution is 5.81. The van der Waals surface area contributed by atoms with Gasteiger partial charge in [-0.3, -0.25) is 0 Å². The Morgan fingerprint density at radius 1 is 0.944 bits per heavy atom. The number of hydrogen-bond donors (Lipinski definition) is 1. The molecule has 3 heteroatoms. The second-order valence-corrected chi connectivity index (χ2v) is 4.05. The Morgan fingerprint density at radius 3 is 2.61 bits per heavy atom. The van der Waals surface area contributed by atoms with Gasteiger partial charge in [0.2, 0.25) is 0 Å². The number of pyridine rings is 1. The molecule has 0 atom stereocenters. The van der Waals surface area contributed by atoms with Gasteiger partial charge in [-0.05, 0) is 24.3 Å². The van der Waals surface area contributed by atoms with E-state index in [0.29, 0.717) is 11.3 Å². The van der Waals surface area contributed by atoms with Crippen molar-refractivity contribution in [2.24, 2.45) is 0 Å². The minimum atomic E-state index is -0.474. The van der Waals surface area contributed by atoms with E-state index in [9.17, 15) is 9.50 Å². The summed E-state index contributed by atoms with van der Waals surface area (Å²) in [6.07, 6.45) is 0. The van der Waals surface area contributed by atoms with Gasteiger partial charge < -0.3 is 5.11 Å². The first-order valence-corrected chi connectivity index (χ1v) is 5.59. The molecule has 0 unspecified atom stereocenters. The monoisotopic (exact) mass is 239 g/mol. The predicted molar refractivity (Wildman–Crippen MR) is 68.8 cm³/mol. The lowest BCUT2D eigenvalue weighted by molar-refractivity contribution is 0.469. The van der Waals surface area contributed by atoms with Crippen LogP contribution in [0.2, 0.25) is 0 Å². The SMILES string of the molecule is Oc1ccc(-c2ccc3ccccc3n2)c(F)c1. The summed E-state index contributed by atoms with van der Waals surface area (Å²) in [7, 11) is 0. The van der Waals surface area contributed by atoms with Gasteiger partial charge >= 0.3 is 0 Å². The van der Waals surface area contributed by atoms with Crippen LogP contribution in [-0.4, -0.2) is 10.1 Å². The van der Waals surface area contributed by atoms with Gasteiger partial charge in [0, 0.05) is 17.0 Å². The van der Waals surface area contributed by atoms with Crippen molar-refractivity contribution in [3.8, 4) is 17.0 Å². The number of aromatic nitrogens is 1. The topological polar surface area (TPSA) is 33.1 Å². The number of halogens is 1. The number of fused-ring (bicyclic) bond motifs is 1. The van der Waals surface area contributed by atoms with E-state index in [0.717, 1.165) is 17.0 Å². The van der Waals surface area contributed by atoms with Crippen molar-refractivity contribution in [2.75, 3.05) is 0 Å². The maximum atomic E-state index is 13.7. The fraction of sp³-hybridized carbons (Fsp3) is 0. The summed E-state index contributed by atoms with van der Waals surface area (Å²) >= 11 is 0. The number of hydrogen-bond acceptors (Lipinski definition) is 2. The van der Waals surface area contributed by atoms with Crippen molar-refractivity contribution < 1.29 is 9.50 Å². The molecule has 3 rings (SSSR count). The molecule has 1 N–H and O–H groups in total. The van der Waals surface area contributed by atoms with Gasteiger partial charge in [-0.2, -0.15) is 0 Å². The second-order valence-electron chi connectivity index (χ2n) is 4.05. The van der Waals surface area contributed by atoms with E-state index in [1.54, 1.807) is 6.07 Å². The van der Waals surface area contributed by atoms with Crippen LogP contribution >= 0.6 is 0 Å². The Kier molecular flexibility index (Phi) is 2.45. The number of phenols is 1.